The predicted molar refractivity (Wildman–Crippen MR) is 78.0 cm³/mol. The minimum absolute atomic E-state index is 0.0560. The Morgan fingerprint density at radius 3 is 2.42 bits per heavy atom. The van der Waals surface area contributed by atoms with Gasteiger partial charge >= 0.3 is 0 Å². The van der Waals surface area contributed by atoms with Crippen molar-refractivity contribution in [1.82, 2.24) is 4.72 Å². The summed E-state index contributed by atoms with van der Waals surface area (Å²) in [6.45, 7) is 3.33. The molecule has 0 fully saturated rings. The van der Waals surface area contributed by atoms with Crippen molar-refractivity contribution in [1.29, 1.82) is 0 Å². The molecule has 0 aliphatic heterocycles. The summed E-state index contributed by atoms with van der Waals surface area (Å²) < 4.78 is 25.4. The van der Waals surface area contributed by atoms with Gasteiger partial charge in [0.2, 0.25) is 10.0 Å². The van der Waals surface area contributed by atoms with E-state index in [9.17, 15) is 13.5 Å². The van der Waals surface area contributed by atoms with Gasteiger partial charge in [-0.25, -0.2) is 13.1 Å². The third-order valence-corrected chi connectivity index (χ3v) is 4.17. The lowest BCUT2D eigenvalue weighted by molar-refractivity contribution is 0.182. The van der Waals surface area contributed by atoms with Crippen molar-refractivity contribution >= 4 is 33.2 Å². The zero-order valence-electron chi connectivity index (χ0n) is 10.1. The van der Waals surface area contributed by atoms with E-state index in [-0.39, 0.29) is 12.3 Å². The maximum absolute atomic E-state index is 11.5. The molecule has 1 aromatic rings. The highest BCUT2D eigenvalue weighted by atomic mass is 35.5. The number of halogens is 2. The first kappa shape index (κ1) is 16.5. The standard InChI is InChI=1S/C12H15Cl2NO3S/c1-2-3-4-19(17,18)15-8-12(16)9-5-10(13)7-11(14)6-9/h2,5-7,12,15-16H,1,3-4,8H2/t12-/m1/s1. The molecule has 0 aliphatic carbocycles. The molecule has 1 atom stereocenters. The summed E-state index contributed by atoms with van der Waals surface area (Å²) in [7, 11) is -3.41. The molecular weight excluding hydrogens is 309 g/mol. The molecule has 0 aromatic heterocycles. The van der Waals surface area contributed by atoms with Crippen LogP contribution in [0.15, 0.2) is 30.9 Å². The van der Waals surface area contributed by atoms with Gasteiger partial charge in [-0.3, -0.25) is 0 Å². The molecule has 0 spiro atoms. The van der Waals surface area contributed by atoms with Gasteiger partial charge in [-0.1, -0.05) is 29.3 Å². The van der Waals surface area contributed by atoms with Gasteiger partial charge in [-0.2, -0.15) is 0 Å². The molecule has 0 unspecified atom stereocenters. The first-order chi connectivity index (χ1) is 8.84. The third-order valence-electron chi connectivity index (χ3n) is 2.36. The molecule has 1 aromatic carbocycles. The van der Waals surface area contributed by atoms with E-state index in [1.807, 2.05) is 0 Å². The van der Waals surface area contributed by atoms with Crippen LogP contribution in [0.25, 0.3) is 0 Å². The first-order valence-electron chi connectivity index (χ1n) is 5.56. The van der Waals surface area contributed by atoms with Gasteiger partial charge < -0.3 is 5.11 Å². The van der Waals surface area contributed by atoms with Gasteiger partial charge in [0.15, 0.2) is 0 Å². The van der Waals surface area contributed by atoms with Gasteiger partial charge in [0, 0.05) is 16.6 Å². The highest BCUT2D eigenvalue weighted by Gasteiger charge is 2.14. The van der Waals surface area contributed by atoms with Crippen LogP contribution < -0.4 is 4.72 Å². The summed E-state index contributed by atoms with van der Waals surface area (Å²) in [5, 5.41) is 10.7. The summed E-state index contributed by atoms with van der Waals surface area (Å²) in [6.07, 6.45) is 0.871. The Balaban J connectivity index is 2.64. The van der Waals surface area contributed by atoms with Crippen LogP contribution in [-0.2, 0) is 10.0 Å². The lowest BCUT2D eigenvalue weighted by Crippen LogP contribution is -2.30. The highest BCUT2D eigenvalue weighted by molar-refractivity contribution is 7.89. The Hall–Kier alpha value is -0.590. The van der Waals surface area contributed by atoms with Crippen LogP contribution >= 0.6 is 23.2 Å². The predicted octanol–water partition coefficient (Wildman–Crippen LogP) is 2.52. The van der Waals surface area contributed by atoms with E-state index < -0.39 is 16.1 Å². The average molecular weight is 324 g/mol. The zero-order chi connectivity index (χ0) is 14.5. The molecule has 0 heterocycles. The summed E-state index contributed by atoms with van der Waals surface area (Å²) in [5.74, 6) is -0.0560. The smallest absolute Gasteiger partial charge is 0.211 e. The molecular formula is C12H15Cl2NO3S. The van der Waals surface area contributed by atoms with E-state index in [2.05, 4.69) is 11.3 Å². The lowest BCUT2D eigenvalue weighted by atomic mass is 10.1. The normalized spacial score (nSPS) is 13.2. The number of sulfonamides is 1. The molecule has 0 aliphatic rings. The molecule has 0 saturated heterocycles. The van der Waals surface area contributed by atoms with Crippen molar-refractivity contribution in [2.24, 2.45) is 0 Å². The SMILES string of the molecule is C=CCCS(=O)(=O)NC[C@@H](O)c1cc(Cl)cc(Cl)c1. The van der Waals surface area contributed by atoms with E-state index in [4.69, 9.17) is 23.2 Å². The second-order valence-corrected chi connectivity index (χ2v) is 6.76. The van der Waals surface area contributed by atoms with Crippen molar-refractivity contribution in [3.63, 3.8) is 0 Å². The van der Waals surface area contributed by atoms with Gasteiger partial charge in [-0.15, -0.1) is 6.58 Å². The fourth-order valence-corrected chi connectivity index (χ4v) is 2.98. The zero-order valence-corrected chi connectivity index (χ0v) is 12.5. The Kier molecular flexibility index (Phi) is 6.29. The second kappa shape index (κ2) is 7.26. The molecule has 106 valence electrons. The van der Waals surface area contributed by atoms with Crippen molar-refractivity contribution in [3.8, 4) is 0 Å². The Labute approximate surface area is 123 Å². The highest BCUT2D eigenvalue weighted by Crippen LogP contribution is 2.23. The topological polar surface area (TPSA) is 66.4 Å². The van der Waals surface area contributed by atoms with Gasteiger partial charge in [0.05, 0.1) is 11.9 Å². The van der Waals surface area contributed by atoms with E-state index in [1.165, 1.54) is 24.3 Å². The Bertz CT molecular complexity index is 526. The van der Waals surface area contributed by atoms with Crippen molar-refractivity contribution in [3.05, 3.63) is 46.5 Å². The number of rotatable bonds is 7. The number of hydrogen-bond donors (Lipinski definition) is 2. The van der Waals surface area contributed by atoms with E-state index >= 15 is 0 Å². The Morgan fingerprint density at radius 1 is 1.32 bits per heavy atom. The first-order valence-corrected chi connectivity index (χ1v) is 7.97. The lowest BCUT2D eigenvalue weighted by Gasteiger charge is -2.13. The largest absolute Gasteiger partial charge is 0.387 e. The van der Waals surface area contributed by atoms with E-state index in [0.29, 0.717) is 22.0 Å². The van der Waals surface area contributed by atoms with E-state index in [1.54, 1.807) is 0 Å². The summed E-state index contributed by atoms with van der Waals surface area (Å²) >= 11 is 11.6. The van der Waals surface area contributed by atoms with Gasteiger partial charge in [0.25, 0.3) is 0 Å². The van der Waals surface area contributed by atoms with Crippen LogP contribution in [0.5, 0.6) is 0 Å². The third kappa shape index (κ3) is 5.93. The van der Waals surface area contributed by atoms with Crippen LogP contribution in [0.4, 0.5) is 0 Å². The van der Waals surface area contributed by atoms with Crippen molar-refractivity contribution in [2.45, 2.75) is 12.5 Å². The molecule has 0 saturated carbocycles. The fourth-order valence-electron chi connectivity index (χ4n) is 1.40. The quantitative estimate of drug-likeness (QED) is 0.758. The number of hydrogen-bond acceptors (Lipinski definition) is 3. The molecule has 4 nitrogen and oxygen atoms in total. The molecule has 2 N–H and O–H groups in total. The van der Waals surface area contributed by atoms with Crippen LogP contribution in [0.1, 0.15) is 18.1 Å². The van der Waals surface area contributed by atoms with Crippen molar-refractivity contribution < 1.29 is 13.5 Å². The summed E-state index contributed by atoms with van der Waals surface area (Å²) in [5.41, 5.74) is 0.462. The number of nitrogens with one attached hydrogen (secondary N) is 1. The molecule has 7 heteroatoms. The maximum atomic E-state index is 11.5. The van der Waals surface area contributed by atoms with Crippen LogP contribution in [0, 0.1) is 0 Å². The minimum Gasteiger partial charge on any atom is -0.387 e. The van der Waals surface area contributed by atoms with Crippen molar-refractivity contribution in [2.75, 3.05) is 12.3 Å². The van der Waals surface area contributed by atoms with Crippen LogP contribution in [0.3, 0.4) is 0 Å². The number of allylic oxidation sites excluding steroid dienone is 1. The Morgan fingerprint density at radius 2 is 1.89 bits per heavy atom. The number of aliphatic hydroxyl groups excluding tert-OH is 1. The van der Waals surface area contributed by atoms with Crippen LogP contribution in [-0.4, -0.2) is 25.8 Å². The molecule has 0 radical (unpaired) electrons. The van der Waals surface area contributed by atoms with Gasteiger partial charge in [-0.05, 0) is 30.2 Å². The molecule has 1 rings (SSSR count). The minimum atomic E-state index is -3.41. The number of aliphatic hydroxyl groups is 1. The average Bonchev–Trinajstić information content (AvgIpc) is 2.32. The van der Waals surface area contributed by atoms with E-state index in [0.717, 1.165) is 0 Å². The summed E-state index contributed by atoms with van der Waals surface area (Å²) in [6, 6.07) is 4.61. The van der Waals surface area contributed by atoms with Crippen LogP contribution in [0.2, 0.25) is 10.0 Å². The summed E-state index contributed by atoms with van der Waals surface area (Å²) in [4.78, 5) is 0. The fraction of sp³-hybridized carbons (Fsp3) is 0.333. The molecule has 0 amide bonds. The second-order valence-electron chi connectivity index (χ2n) is 3.96. The molecule has 19 heavy (non-hydrogen) atoms. The molecule has 0 bridgehead atoms. The number of benzene rings is 1. The maximum Gasteiger partial charge on any atom is 0.211 e. The van der Waals surface area contributed by atoms with Gasteiger partial charge in [0.1, 0.15) is 0 Å². The monoisotopic (exact) mass is 323 g/mol.